The number of carbonyl (C=O) groups excluding carboxylic acids is 3. The van der Waals surface area contributed by atoms with Gasteiger partial charge in [-0.1, -0.05) is 0 Å². The summed E-state index contributed by atoms with van der Waals surface area (Å²) in [5, 5.41) is 34.3. The fraction of sp³-hybridized carbons (Fsp3) is 0.429. The molecule has 0 aliphatic heterocycles. The molecule has 0 radical (unpaired) electrons. The summed E-state index contributed by atoms with van der Waals surface area (Å²) in [5.41, 5.74) is 7.71. The van der Waals surface area contributed by atoms with Crippen molar-refractivity contribution >= 4 is 35.8 Å². The number of likely N-dealkylation sites (N-methyl/N-ethyl adjacent to an activating group) is 1. The number of amides is 1. The van der Waals surface area contributed by atoms with Crippen LogP contribution in [0.1, 0.15) is 33.6 Å². The number of rotatable bonds is 5. The van der Waals surface area contributed by atoms with Gasteiger partial charge in [0.15, 0.2) is 16.7 Å². The molecule has 11 nitrogen and oxygen atoms in total. The lowest BCUT2D eigenvalue weighted by Gasteiger charge is -2.46. The number of phenols is 1. The molecule has 0 saturated carbocycles. The number of phenolic OH excluding ortho intramolecular Hbond substituents is 1. The van der Waals surface area contributed by atoms with Gasteiger partial charge in [0.05, 0.1) is 24.1 Å². The second kappa shape index (κ2) is 9.70. The Bertz CT molecular complexity index is 1520. The van der Waals surface area contributed by atoms with Crippen molar-refractivity contribution in [2.75, 3.05) is 33.1 Å². The second-order valence-corrected chi connectivity index (χ2v) is 11.6. The standard InChI is InChI=1S/C28H33N5O6S/c1-11-9-30-28(40)33(11)10-13-8-16(31(2)3)14-6-12-7-15-19(24(36)17(12)23(35)18(14)22(13)34)25(37)20(27(29)39)26(38)21(15)32(4)5/h8-9,12,15,19,21,34,36,38H,6-7,10H2,1-5H3,(H2,29,39)(H,30,40)/t12?,15?,19?,21-/m0/s1. The number of fused-ring (bicyclic) bond motifs is 3. The largest absolute Gasteiger partial charge is 0.511 e. The maximum absolute atomic E-state index is 14.1. The molecule has 3 unspecified atom stereocenters. The van der Waals surface area contributed by atoms with Gasteiger partial charge in [-0.05, 0) is 57.3 Å². The Labute approximate surface area is 237 Å². The van der Waals surface area contributed by atoms with Crippen LogP contribution in [0.5, 0.6) is 5.75 Å². The van der Waals surface area contributed by atoms with Crippen LogP contribution in [0.15, 0.2) is 40.1 Å². The maximum Gasteiger partial charge on any atom is 0.255 e. The summed E-state index contributed by atoms with van der Waals surface area (Å²) < 4.78 is 1.80. The van der Waals surface area contributed by atoms with Crippen molar-refractivity contribution in [3.05, 3.63) is 57.3 Å². The second-order valence-electron chi connectivity index (χ2n) is 11.2. The number of Topliss-reactive ketones (excluding diaryl/α,β-unsaturated/α-hetero) is 2. The van der Waals surface area contributed by atoms with Crippen LogP contribution >= 0.6 is 12.6 Å². The first-order chi connectivity index (χ1) is 18.8. The van der Waals surface area contributed by atoms with E-state index >= 15 is 0 Å². The van der Waals surface area contributed by atoms with Gasteiger partial charge in [-0.2, -0.15) is 0 Å². The minimum absolute atomic E-state index is 0.0515. The molecule has 2 aromatic rings. The summed E-state index contributed by atoms with van der Waals surface area (Å²) in [6, 6.07) is 1.08. The topological polar surface area (TPSA) is 162 Å². The van der Waals surface area contributed by atoms with Crippen LogP contribution in [0.25, 0.3) is 0 Å². The summed E-state index contributed by atoms with van der Waals surface area (Å²) in [7, 11) is 7.10. The fourth-order valence-electron chi connectivity index (χ4n) is 6.70. The van der Waals surface area contributed by atoms with Crippen molar-refractivity contribution in [2.45, 2.75) is 37.5 Å². The van der Waals surface area contributed by atoms with Gasteiger partial charge in [-0.25, -0.2) is 4.98 Å². The van der Waals surface area contributed by atoms with E-state index in [-0.39, 0.29) is 23.4 Å². The highest BCUT2D eigenvalue weighted by Crippen LogP contribution is 2.52. The summed E-state index contributed by atoms with van der Waals surface area (Å²) in [5.74, 6) is -5.80. The van der Waals surface area contributed by atoms with E-state index in [4.69, 9.17) is 5.73 Å². The SMILES string of the molecule is Cc1cnc(S)n1Cc1cc(N(C)C)c2c(c1O)C(=O)C1=C(O)C3C(=O)C(C(N)=O)=C(O)[C@@H](N(C)C)C3CC1C2. The molecule has 3 aliphatic carbocycles. The minimum Gasteiger partial charge on any atom is -0.511 e. The van der Waals surface area contributed by atoms with Gasteiger partial charge in [-0.15, -0.1) is 12.6 Å². The van der Waals surface area contributed by atoms with E-state index in [1.165, 1.54) is 0 Å². The first-order valence-corrected chi connectivity index (χ1v) is 13.4. The lowest BCUT2D eigenvalue weighted by molar-refractivity contribution is -0.127. The number of aryl methyl sites for hydroxylation is 1. The molecule has 3 aliphatic rings. The Morgan fingerprint density at radius 1 is 1.18 bits per heavy atom. The Morgan fingerprint density at radius 3 is 2.40 bits per heavy atom. The number of aliphatic hydroxyl groups is 2. The number of hydrogen-bond donors (Lipinski definition) is 5. The smallest absolute Gasteiger partial charge is 0.255 e. The number of nitrogens with two attached hydrogens (primary N) is 1. The molecule has 40 heavy (non-hydrogen) atoms. The van der Waals surface area contributed by atoms with Crippen molar-refractivity contribution in [1.82, 2.24) is 14.5 Å². The van der Waals surface area contributed by atoms with E-state index in [1.54, 1.807) is 29.8 Å². The normalized spacial score (nSPS) is 24.3. The van der Waals surface area contributed by atoms with Gasteiger partial charge in [0.25, 0.3) is 5.91 Å². The van der Waals surface area contributed by atoms with Crippen LogP contribution in [0.4, 0.5) is 5.69 Å². The number of primary amides is 1. The molecule has 12 heteroatoms. The molecule has 1 heterocycles. The van der Waals surface area contributed by atoms with Crippen LogP contribution in [-0.4, -0.2) is 81.5 Å². The molecule has 4 atom stereocenters. The summed E-state index contributed by atoms with van der Waals surface area (Å²) in [4.78, 5) is 47.4. The van der Waals surface area contributed by atoms with E-state index < -0.39 is 58.4 Å². The third-order valence-electron chi connectivity index (χ3n) is 8.47. The van der Waals surface area contributed by atoms with E-state index in [2.05, 4.69) is 17.6 Å². The van der Waals surface area contributed by atoms with Gasteiger partial charge in [0.1, 0.15) is 22.8 Å². The number of aromatic hydroxyl groups is 1. The van der Waals surface area contributed by atoms with Gasteiger partial charge < -0.3 is 30.5 Å². The van der Waals surface area contributed by atoms with Gasteiger partial charge in [0, 0.05) is 42.8 Å². The highest BCUT2D eigenvalue weighted by molar-refractivity contribution is 7.80. The molecular formula is C28H33N5O6S. The molecule has 212 valence electrons. The number of benzene rings is 1. The number of carbonyl (C=O) groups is 3. The molecule has 5 N–H and O–H groups in total. The third-order valence-corrected chi connectivity index (χ3v) is 8.82. The summed E-state index contributed by atoms with van der Waals surface area (Å²) >= 11 is 4.40. The van der Waals surface area contributed by atoms with Crippen molar-refractivity contribution in [3.8, 4) is 5.75 Å². The number of thiol groups is 1. The number of nitrogens with zero attached hydrogens (tertiary/aromatic N) is 4. The molecule has 0 saturated heterocycles. The minimum atomic E-state index is -1.22. The zero-order chi connectivity index (χ0) is 29.4. The van der Waals surface area contributed by atoms with Crippen LogP contribution in [0.2, 0.25) is 0 Å². The zero-order valence-corrected chi connectivity index (χ0v) is 23.9. The first kappa shape index (κ1) is 27.8. The predicted molar refractivity (Wildman–Crippen MR) is 150 cm³/mol. The molecule has 5 rings (SSSR count). The monoisotopic (exact) mass is 567 g/mol. The van der Waals surface area contributed by atoms with E-state index in [1.807, 2.05) is 32.0 Å². The average Bonchev–Trinajstić information content (AvgIpc) is 3.16. The number of ketones is 2. The van der Waals surface area contributed by atoms with Crippen molar-refractivity contribution in [3.63, 3.8) is 0 Å². The number of aliphatic hydroxyl groups excluding tert-OH is 2. The Morgan fingerprint density at radius 2 is 1.85 bits per heavy atom. The van der Waals surface area contributed by atoms with Gasteiger partial charge >= 0.3 is 0 Å². The van der Waals surface area contributed by atoms with Crippen LogP contribution in [0.3, 0.4) is 0 Å². The maximum atomic E-state index is 14.1. The lowest BCUT2D eigenvalue weighted by Crippen LogP contribution is -2.53. The Balaban J connectivity index is 1.68. The number of anilines is 1. The molecule has 1 aromatic heterocycles. The number of hydrogen-bond acceptors (Lipinski definition) is 10. The molecular weight excluding hydrogens is 534 g/mol. The van der Waals surface area contributed by atoms with E-state index in [0.29, 0.717) is 29.1 Å². The van der Waals surface area contributed by atoms with Crippen molar-refractivity contribution < 1.29 is 29.7 Å². The van der Waals surface area contributed by atoms with Gasteiger partial charge in [0.2, 0.25) is 0 Å². The number of imidazole rings is 1. The third kappa shape index (κ3) is 4.00. The predicted octanol–water partition coefficient (Wildman–Crippen LogP) is 1.91. The van der Waals surface area contributed by atoms with E-state index in [0.717, 1.165) is 11.4 Å². The molecule has 1 aromatic carbocycles. The lowest BCUT2D eigenvalue weighted by atomic mass is 9.60. The summed E-state index contributed by atoms with van der Waals surface area (Å²) in [6.45, 7) is 2.08. The van der Waals surface area contributed by atoms with Crippen LogP contribution < -0.4 is 10.6 Å². The Kier molecular flexibility index (Phi) is 6.74. The first-order valence-electron chi connectivity index (χ1n) is 12.9. The Hall–Kier alpha value is -3.77. The van der Waals surface area contributed by atoms with Crippen molar-refractivity contribution in [1.29, 1.82) is 0 Å². The highest BCUT2D eigenvalue weighted by Gasteiger charge is 2.54. The van der Waals surface area contributed by atoms with E-state index in [9.17, 15) is 29.7 Å². The highest BCUT2D eigenvalue weighted by atomic mass is 32.1. The molecule has 1 amide bonds. The molecule has 0 fully saturated rings. The number of allylic oxidation sites excluding steroid dienone is 2. The van der Waals surface area contributed by atoms with Crippen molar-refractivity contribution in [2.24, 2.45) is 23.5 Å². The van der Waals surface area contributed by atoms with Crippen LogP contribution in [-0.2, 0) is 22.6 Å². The average molecular weight is 568 g/mol. The number of aromatic nitrogens is 2. The zero-order valence-electron chi connectivity index (χ0n) is 23.0. The fourth-order valence-corrected chi connectivity index (χ4v) is 6.99. The quantitative estimate of drug-likeness (QED) is 0.268. The summed E-state index contributed by atoms with van der Waals surface area (Å²) in [6.07, 6.45) is 2.29. The molecule has 0 spiro atoms. The van der Waals surface area contributed by atoms with Crippen LogP contribution in [0, 0.1) is 24.7 Å². The van der Waals surface area contributed by atoms with Gasteiger partial charge in [-0.3, -0.25) is 19.3 Å². The molecule has 0 bridgehead atoms.